The molecule has 1 heterocycles. The molecule has 1 N–H and O–H groups in total. The first-order valence-corrected chi connectivity index (χ1v) is 9.17. The Hall–Kier alpha value is -2.05. The van der Waals surface area contributed by atoms with Crippen molar-refractivity contribution in [2.24, 2.45) is 0 Å². The maximum atomic E-state index is 10.3. The first kappa shape index (κ1) is 21.0. The highest BCUT2D eigenvalue weighted by Crippen LogP contribution is 2.28. The Kier molecular flexibility index (Phi) is 12.0. The first-order chi connectivity index (χ1) is 12.2. The van der Waals surface area contributed by atoms with Gasteiger partial charge in [-0.2, -0.15) is 0 Å². The van der Waals surface area contributed by atoms with Gasteiger partial charge >= 0.3 is 5.97 Å². The third-order valence-corrected chi connectivity index (χ3v) is 3.68. The second-order valence-electron chi connectivity index (χ2n) is 5.90. The minimum Gasteiger partial charge on any atom is -0.481 e. The van der Waals surface area contributed by atoms with Crippen LogP contribution >= 0.6 is 0 Å². The number of ether oxygens (including phenoxy) is 1. The Morgan fingerprint density at radius 2 is 1.52 bits per heavy atom. The number of carbonyl (C=O) groups is 1. The number of carboxylic acid groups (broad SMARTS) is 1. The van der Waals surface area contributed by atoms with Gasteiger partial charge in [-0.25, -0.2) is 0 Å². The molecule has 0 saturated carbocycles. The van der Waals surface area contributed by atoms with E-state index in [0.717, 1.165) is 32.1 Å². The number of epoxide rings is 1. The number of aliphatic carboxylic acids is 1. The van der Waals surface area contributed by atoms with Crippen LogP contribution in [0.2, 0.25) is 0 Å². The minimum atomic E-state index is -0.794. The Balaban J connectivity index is 1.95. The zero-order valence-corrected chi connectivity index (χ0v) is 15.2. The van der Waals surface area contributed by atoms with Crippen LogP contribution in [0.4, 0.5) is 0 Å². The summed E-state index contributed by atoms with van der Waals surface area (Å²) < 4.78 is 5.61. The van der Waals surface area contributed by atoms with Crippen molar-refractivity contribution in [2.75, 3.05) is 0 Å². The number of hydrogen-bond donors (Lipinski definition) is 1. The van der Waals surface area contributed by atoms with Crippen molar-refractivity contribution in [3.63, 3.8) is 0 Å². The van der Waals surface area contributed by atoms with E-state index in [9.17, 15) is 4.79 Å². The fourth-order valence-electron chi connectivity index (χ4n) is 2.24. The molecule has 0 aromatic rings. The van der Waals surface area contributed by atoms with Gasteiger partial charge in [0.05, 0.1) is 18.6 Å². The highest BCUT2D eigenvalue weighted by atomic mass is 16.6. The van der Waals surface area contributed by atoms with Crippen LogP contribution in [0.5, 0.6) is 0 Å². The predicted octanol–water partition coefficient (Wildman–Crippen LogP) is 5.21. The van der Waals surface area contributed by atoms with Gasteiger partial charge in [0.1, 0.15) is 0 Å². The maximum absolute atomic E-state index is 10.3. The van der Waals surface area contributed by atoms with Crippen molar-refractivity contribution in [2.45, 2.75) is 70.5 Å². The fraction of sp³-hybridized carbons (Fsp3) is 0.500. The summed E-state index contributed by atoms with van der Waals surface area (Å²) >= 11 is 0. The van der Waals surface area contributed by atoms with E-state index in [1.165, 1.54) is 0 Å². The van der Waals surface area contributed by atoms with Gasteiger partial charge in [-0.1, -0.05) is 61.5 Å². The molecule has 0 aromatic heterocycles. The van der Waals surface area contributed by atoms with Crippen LogP contribution in [0.15, 0.2) is 48.6 Å². The molecule has 3 heteroatoms. The van der Waals surface area contributed by atoms with Gasteiger partial charge in [-0.05, 0) is 32.1 Å². The number of carboxylic acids is 1. The second kappa shape index (κ2) is 14.3. The normalized spacial score (nSPS) is 19.9. The largest absolute Gasteiger partial charge is 0.481 e. The molecule has 1 saturated heterocycles. The van der Waals surface area contributed by atoms with E-state index in [-0.39, 0.29) is 6.42 Å². The molecule has 2 atom stereocenters. The molecule has 1 unspecified atom stereocenters. The zero-order chi connectivity index (χ0) is 18.2. The molecule has 1 rings (SSSR count). The molecule has 0 amide bonds. The van der Waals surface area contributed by atoms with E-state index >= 15 is 0 Å². The minimum absolute atomic E-state index is 0.121. The Morgan fingerprint density at radius 1 is 0.920 bits per heavy atom. The lowest BCUT2D eigenvalue weighted by Crippen LogP contribution is -1.91. The standard InChI is InChI=1S/C22H30O3/c1-2-3-14-17-20-21(25-20)18-15-12-10-8-6-4-5-7-9-11-13-16-19-22(23)24/h3,5-8,12,14-15,20-21H,2,4,9-10,16-19H2,1H3,(H,23,24)/b7-5-,8-6-,14-3-,15-12-/t20?,21-/m1/s1. The van der Waals surface area contributed by atoms with Crippen molar-refractivity contribution in [1.82, 2.24) is 0 Å². The lowest BCUT2D eigenvalue weighted by atomic mass is 10.1. The van der Waals surface area contributed by atoms with Gasteiger partial charge in [-0.3, -0.25) is 4.79 Å². The van der Waals surface area contributed by atoms with E-state index in [0.29, 0.717) is 25.0 Å². The van der Waals surface area contributed by atoms with E-state index in [4.69, 9.17) is 9.84 Å². The van der Waals surface area contributed by atoms with Crippen molar-refractivity contribution < 1.29 is 14.6 Å². The molecule has 3 nitrogen and oxygen atoms in total. The predicted molar refractivity (Wildman–Crippen MR) is 103 cm³/mol. The molecule has 0 radical (unpaired) electrons. The molecule has 0 spiro atoms. The van der Waals surface area contributed by atoms with Gasteiger partial charge in [-0.15, -0.1) is 5.92 Å². The first-order valence-electron chi connectivity index (χ1n) is 9.17. The Bertz CT molecular complexity index is 543. The SMILES string of the molecule is CC/C=C\CC1O[C@@H]1C/C=C\C/C=C\C/C=C\CC#CCCC(=O)O. The molecule has 136 valence electrons. The smallest absolute Gasteiger partial charge is 0.304 e. The van der Waals surface area contributed by atoms with Crippen LogP contribution in [0.3, 0.4) is 0 Å². The Labute approximate surface area is 152 Å². The summed E-state index contributed by atoms with van der Waals surface area (Å²) in [5.74, 6) is 5.00. The van der Waals surface area contributed by atoms with Crippen molar-refractivity contribution in [1.29, 1.82) is 0 Å². The molecule has 0 aliphatic carbocycles. The summed E-state index contributed by atoms with van der Waals surface area (Å²) in [6, 6.07) is 0. The van der Waals surface area contributed by atoms with E-state index in [1.54, 1.807) is 0 Å². The van der Waals surface area contributed by atoms with Crippen LogP contribution < -0.4 is 0 Å². The summed E-state index contributed by atoms with van der Waals surface area (Å²) in [6.45, 7) is 2.15. The van der Waals surface area contributed by atoms with E-state index in [1.807, 2.05) is 6.08 Å². The van der Waals surface area contributed by atoms with Crippen LogP contribution in [-0.4, -0.2) is 23.3 Å². The van der Waals surface area contributed by atoms with Crippen molar-refractivity contribution in [3.05, 3.63) is 48.6 Å². The van der Waals surface area contributed by atoms with Gasteiger partial charge in [0, 0.05) is 12.8 Å². The monoisotopic (exact) mass is 342 g/mol. The van der Waals surface area contributed by atoms with Gasteiger partial charge in [0.15, 0.2) is 0 Å². The molecule has 1 aliphatic rings. The molecule has 0 aromatic carbocycles. The lowest BCUT2D eigenvalue weighted by Gasteiger charge is -1.87. The van der Waals surface area contributed by atoms with Crippen LogP contribution in [0, 0.1) is 11.8 Å². The highest BCUT2D eigenvalue weighted by molar-refractivity contribution is 5.66. The van der Waals surface area contributed by atoms with Crippen LogP contribution in [-0.2, 0) is 9.53 Å². The van der Waals surface area contributed by atoms with Crippen LogP contribution in [0.1, 0.15) is 58.3 Å². The molecule has 25 heavy (non-hydrogen) atoms. The molecule has 0 bridgehead atoms. The quantitative estimate of drug-likeness (QED) is 0.301. The summed E-state index contributed by atoms with van der Waals surface area (Å²) in [6.07, 6.45) is 24.3. The van der Waals surface area contributed by atoms with Gasteiger partial charge in [0.2, 0.25) is 0 Å². The topological polar surface area (TPSA) is 49.8 Å². The fourth-order valence-corrected chi connectivity index (χ4v) is 2.24. The van der Waals surface area contributed by atoms with Gasteiger partial charge < -0.3 is 9.84 Å². The van der Waals surface area contributed by atoms with Crippen molar-refractivity contribution >= 4 is 5.97 Å². The van der Waals surface area contributed by atoms with E-state index < -0.39 is 5.97 Å². The Morgan fingerprint density at radius 3 is 2.16 bits per heavy atom. The highest BCUT2D eigenvalue weighted by Gasteiger charge is 2.35. The molecule has 1 fully saturated rings. The average Bonchev–Trinajstić information content (AvgIpc) is 3.33. The summed E-state index contributed by atoms with van der Waals surface area (Å²) in [7, 11) is 0. The van der Waals surface area contributed by atoms with E-state index in [2.05, 4.69) is 61.3 Å². The summed E-state index contributed by atoms with van der Waals surface area (Å²) in [5, 5.41) is 8.47. The third kappa shape index (κ3) is 13.0. The summed E-state index contributed by atoms with van der Waals surface area (Å²) in [4.78, 5) is 10.3. The number of hydrogen-bond acceptors (Lipinski definition) is 2. The lowest BCUT2D eigenvalue weighted by molar-refractivity contribution is -0.136. The average molecular weight is 342 g/mol. The van der Waals surface area contributed by atoms with Crippen LogP contribution in [0.25, 0.3) is 0 Å². The summed E-state index contributed by atoms with van der Waals surface area (Å²) in [5.41, 5.74) is 0. The molecule has 1 aliphatic heterocycles. The zero-order valence-electron chi connectivity index (χ0n) is 15.2. The third-order valence-electron chi connectivity index (χ3n) is 3.68. The number of allylic oxidation sites excluding steroid dienone is 6. The van der Waals surface area contributed by atoms with Gasteiger partial charge in [0.25, 0.3) is 0 Å². The maximum Gasteiger partial charge on any atom is 0.304 e. The molecular weight excluding hydrogens is 312 g/mol. The second-order valence-corrected chi connectivity index (χ2v) is 5.90. The number of rotatable bonds is 12. The van der Waals surface area contributed by atoms with Crippen molar-refractivity contribution in [3.8, 4) is 11.8 Å². The molecular formula is C22H30O3.